The highest BCUT2D eigenvalue weighted by atomic mass is 19.1. The van der Waals surface area contributed by atoms with Crippen LogP contribution in [0.1, 0.15) is 18.5 Å². The van der Waals surface area contributed by atoms with Crippen molar-refractivity contribution in [2.45, 2.75) is 13.0 Å². The lowest BCUT2D eigenvalue weighted by Gasteiger charge is -2.15. The van der Waals surface area contributed by atoms with Gasteiger partial charge < -0.3 is 9.73 Å². The highest BCUT2D eigenvalue weighted by Crippen LogP contribution is 2.29. The van der Waals surface area contributed by atoms with E-state index < -0.39 is 0 Å². The van der Waals surface area contributed by atoms with Gasteiger partial charge in [0.05, 0.1) is 12.5 Å². The minimum absolute atomic E-state index is 0.172. The Hall–Kier alpha value is -1.61. The largest absolute Gasteiger partial charge is 0.472 e. The van der Waals surface area contributed by atoms with Crippen LogP contribution in [0.3, 0.4) is 0 Å². The van der Waals surface area contributed by atoms with Crippen molar-refractivity contribution in [3.05, 3.63) is 48.2 Å². The van der Waals surface area contributed by atoms with E-state index in [0.29, 0.717) is 0 Å². The fraction of sp³-hybridized carbons (Fsp3) is 0.231. The Bertz CT molecular complexity index is 465. The highest BCUT2D eigenvalue weighted by molar-refractivity contribution is 5.67. The molecule has 0 saturated carbocycles. The molecule has 2 aromatic rings. The van der Waals surface area contributed by atoms with Crippen molar-refractivity contribution in [1.29, 1.82) is 0 Å². The molecule has 0 amide bonds. The van der Waals surface area contributed by atoms with Crippen molar-refractivity contribution in [3.63, 3.8) is 0 Å². The maximum Gasteiger partial charge on any atom is 0.123 e. The molecule has 1 aromatic carbocycles. The lowest BCUT2D eigenvalue weighted by molar-refractivity contribution is 0.568. The monoisotopic (exact) mass is 219 g/mol. The van der Waals surface area contributed by atoms with Crippen LogP contribution in [-0.4, -0.2) is 7.05 Å². The average molecular weight is 219 g/mol. The molecule has 16 heavy (non-hydrogen) atoms. The molecule has 0 fully saturated rings. The van der Waals surface area contributed by atoms with Gasteiger partial charge in [-0.3, -0.25) is 0 Å². The second kappa shape index (κ2) is 4.49. The fourth-order valence-electron chi connectivity index (χ4n) is 1.73. The van der Waals surface area contributed by atoms with Crippen LogP contribution in [0.25, 0.3) is 11.1 Å². The first-order valence-electron chi connectivity index (χ1n) is 5.21. The molecule has 0 aliphatic heterocycles. The van der Waals surface area contributed by atoms with Crippen LogP contribution in [0.2, 0.25) is 0 Å². The summed E-state index contributed by atoms with van der Waals surface area (Å²) in [5.74, 6) is -0.233. The van der Waals surface area contributed by atoms with E-state index in [-0.39, 0.29) is 11.9 Å². The summed E-state index contributed by atoms with van der Waals surface area (Å²) in [5, 5.41) is 3.15. The van der Waals surface area contributed by atoms with Crippen molar-refractivity contribution in [3.8, 4) is 11.1 Å². The summed E-state index contributed by atoms with van der Waals surface area (Å²) in [5.41, 5.74) is 2.83. The van der Waals surface area contributed by atoms with Crippen molar-refractivity contribution in [2.75, 3.05) is 7.05 Å². The van der Waals surface area contributed by atoms with Gasteiger partial charge in [-0.15, -0.1) is 0 Å². The van der Waals surface area contributed by atoms with Crippen LogP contribution in [0, 0.1) is 5.82 Å². The molecule has 0 spiro atoms. The summed E-state index contributed by atoms with van der Waals surface area (Å²) in [6.07, 6.45) is 3.22. The Morgan fingerprint density at radius 1 is 1.31 bits per heavy atom. The number of furan rings is 1. The lowest BCUT2D eigenvalue weighted by Crippen LogP contribution is -2.13. The van der Waals surface area contributed by atoms with E-state index in [4.69, 9.17) is 4.42 Å². The first-order valence-corrected chi connectivity index (χ1v) is 5.21. The molecule has 0 bridgehead atoms. The van der Waals surface area contributed by atoms with Gasteiger partial charge in [0.25, 0.3) is 0 Å². The molecule has 1 heterocycles. The van der Waals surface area contributed by atoms with Crippen LogP contribution >= 0.6 is 0 Å². The molecule has 1 unspecified atom stereocenters. The summed E-state index contributed by atoms with van der Waals surface area (Å²) in [4.78, 5) is 0. The van der Waals surface area contributed by atoms with Gasteiger partial charge in [0.2, 0.25) is 0 Å². The summed E-state index contributed by atoms with van der Waals surface area (Å²) in [7, 11) is 1.88. The number of benzene rings is 1. The van der Waals surface area contributed by atoms with Crippen LogP contribution in [0.4, 0.5) is 4.39 Å². The van der Waals surface area contributed by atoms with E-state index in [9.17, 15) is 4.39 Å². The third-order valence-electron chi connectivity index (χ3n) is 2.75. The van der Waals surface area contributed by atoms with Gasteiger partial charge in [-0.05, 0) is 43.3 Å². The Labute approximate surface area is 94.1 Å². The second-order valence-corrected chi connectivity index (χ2v) is 3.75. The van der Waals surface area contributed by atoms with E-state index in [1.54, 1.807) is 18.6 Å². The highest BCUT2D eigenvalue weighted by Gasteiger charge is 2.12. The summed E-state index contributed by atoms with van der Waals surface area (Å²) in [6, 6.07) is 6.82. The van der Waals surface area contributed by atoms with Gasteiger partial charge in [0.1, 0.15) is 5.82 Å². The average Bonchev–Trinajstić information content (AvgIpc) is 2.81. The maximum atomic E-state index is 13.3. The van der Waals surface area contributed by atoms with Gasteiger partial charge in [0, 0.05) is 11.6 Å². The predicted octanol–water partition coefficient (Wildman–Crippen LogP) is 3.37. The maximum absolute atomic E-state index is 13.3. The van der Waals surface area contributed by atoms with Crippen molar-refractivity contribution in [2.24, 2.45) is 0 Å². The molecule has 1 atom stereocenters. The Kier molecular flexibility index (Phi) is 3.06. The van der Waals surface area contributed by atoms with Crippen molar-refractivity contribution >= 4 is 0 Å². The van der Waals surface area contributed by atoms with Crippen molar-refractivity contribution < 1.29 is 8.81 Å². The number of halogens is 1. The molecule has 3 heteroatoms. The third-order valence-corrected chi connectivity index (χ3v) is 2.75. The Balaban J connectivity index is 2.53. The van der Waals surface area contributed by atoms with Gasteiger partial charge in [-0.25, -0.2) is 4.39 Å². The van der Waals surface area contributed by atoms with Crippen LogP contribution in [0.15, 0.2) is 41.2 Å². The van der Waals surface area contributed by atoms with E-state index in [1.165, 1.54) is 12.1 Å². The minimum atomic E-state index is -0.233. The standard InChI is InChI=1S/C13H14FNO/c1-9(15-2)12-4-3-11(14)7-13(12)10-5-6-16-8-10/h3-9,15H,1-2H3. The first kappa shape index (κ1) is 10.9. The molecule has 1 N–H and O–H groups in total. The molecule has 84 valence electrons. The molecule has 0 aliphatic rings. The molecule has 1 aromatic heterocycles. The molecular formula is C13H14FNO. The van der Waals surface area contributed by atoms with E-state index in [2.05, 4.69) is 5.32 Å². The molecular weight excluding hydrogens is 205 g/mol. The number of nitrogens with one attached hydrogen (secondary N) is 1. The molecule has 0 aliphatic carbocycles. The lowest BCUT2D eigenvalue weighted by atomic mass is 9.97. The molecule has 2 nitrogen and oxygen atoms in total. The van der Waals surface area contributed by atoms with Crippen molar-refractivity contribution in [1.82, 2.24) is 5.32 Å². The van der Waals surface area contributed by atoms with E-state index in [0.717, 1.165) is 16.7 Å². The Morgan fingerprint density at radius 2 is 2.12 bits per heavy atom. The summed E-state index contributed by atoms with van der Waals surface area (Å²) < 4.78 is 18.3. The zero-order valence-electron chi connectivity index (χ0n) is 9.33. The summed E-state index contributed by atoms with van der Waals surface area (Å²) in [6.45, 7) is 2.04. The van der Waals surface area contributed by atoms with Gasteiger partial charge >= 0.3 is 0 Å². The third kappa shape index (κ3) is 1.99. The predicted molar refractivity (Wildman–Crippen MR) is 61.6 cm³/mol. The molecule has 0 radical (unpaired) electrons. The van der Waals surface area contributed by atoms with Crippen LogP contribution < -0.4 is 5.32 Å². The molecule has 0 saturated heterocycles. The first-order chi connectivity index (χ1) is 7.72. The van der Waals surface area contributed by atoms with Crippen LogP contribution in [-0.2, 0) is 0 Å². The zero-order valence-corrected chi connectivity index (χ0v) is 9.33. The SMILES string of the molecule is CNC(C)c1ccc(F)cc1-c1ccoc1. The number of rotatable bonds is 3. The van der Waals surface area contributed by atoms with Gasteiger partial charge in [-0.1, -0.05) is 6.07 Å². The molecule has 2 rings (SSSR count). The topological polar surface area (TPSA) is 25.2 Å². The van der Waals surface area contributed by atoms with E-state index in [1.807, 2.05) is 20.0 Å². The Morgan fingerprint density at radius 3 is 2.75 bits per heavy atom. The van der Waals surface area contributed by atoms with E-state index >= 15 is 0 Å². The fourth-order valence-corrected chi connectivity index (χ4v) is 1.73. The van der Waals surface area contributed by atoms with Gasteiger partial charge in [0.15, 0.2) is 0 Å². The number of hydrogen-bond donors (Lipinski definition) is 1. The minimum Gasteiger partial charge on any atom is -0.472 e. The second-order valence-electron chi connectivity index (χ2n) is 3.75. The smallest absolute Gasteiger partial charge is 0.123 e. The quantitative estimate of drug-likeness (QED) is 0.856. The number of hydrogen-bond acceptors (Lipinski definition) is 2. The summed E-state index contributed by atoms with van der Waals surface area (Å²) >= 11 is 0. The normalized spacial score (nSPS) is 12.7. The van der Waals surface area contributed by atoms with Crippen LogP contribution in [0.5, 0.6) is 0 Å². The zero-order chi connectivity index (χ0) is 11.5. The van der Waals surface area contributed by atoms with Gasteiger partial charge in [-0.2, -0.15) is 0 Å².